The van der Waals surface area contributed by atoms with Crippen LogP contribution in [0.5, 0.6) is 0 Å². The zero-order valence-corrected chi connectivity index (χ0v) is 22.9. The number of pyridine rings is 1. The number of halogens is 2. The number of nitrogens with zero attached hydrogens (tertiary/aromatic N) is 2. The largest absolute Gasteiger partial charge is 0.375 e. The number of nitrogens with one attached hydrogen (secondary N) is 3. The van der Waals surface area contributed by atoms with Crippen molar-refractivity contribution < 1.29 is 18.3 Å². The second-order valence-electron chi connectivity index (χ2n) is 10.5. The fourth-order valence-electron chi connectivity index (χ4n) is 5.45. The molecule has 1 saturated heterocycles. The number of para-hydroxylation sites is 2. The Balaban J connectivity index is 1.09. The van der Waals surface area contributed by atoms with Crippen molar-refractivity contribution in [2.24, 2.45) is 0 Å². The zero-order valence-electron chi connectivity index (χ0n) is 22.9. The number of hydrogen-bond acceptors (Lipinski definition) is 5. The number of morpholine rings is 1. The molecule has 214 valence electrons. The van der Waals surface area contributed by atoms with Crippen LogP contribution in [0.3, 0.4) is 0 Å². The quantitative estimate of drug-likeness (QED) is 0.201. The maximum absolute atomic E-state index is 15.0. The summed E-state index contributed by atoms with van der Waals surface area (Å²) in [6, 6.07) is 23.6. The molecule has 6 rings (SSSR count). The van der Waals surface area contributed by atoms with Gasteiger partial charge in [-0.15, -0.1) is 0 Å². The van der Waals surface area contributed by atoms with E-state index in [4.69, 9.17) is 4.74 Å². The third-order valence-electron chi connectivity index (χ3n) is 7.69. The van der Waals surface area contributed by atoms with Crippen LogP contribution in [0.4, 0.5) is 14.5 Å². The highest BCUT2D eigenvalue weighted by Crippen LogP contribution is 2.30. The Hall–Kier alpha value is -4.47. The van der Waals surface area contributed by atoms with E-state index < -0.39 is 5.82 Å². The van der Waals surface area contributed by atoms with E-state index in [1.165, 1.54) is 18.3 Å². The van der Waals surface area contributed by atoms with E-state index in [9.17, 15) is 13.6 Å². The van der Waals surface area contributed by atoms with Crippen LogP contribution in [0.15, 0.2) is 91.3 Å². The number of carbonyl (C=O) groups excluding carboxylic acids is 1. The molecule has 1 amide bonds. The van der Waals surface area contributed by atoms with Gasteiger partial charge in [0.2, 0.25) is 5.91 Å². The number of ether oxygens (including phenoxy) is 1. The van der Waals surface area contributed by atoms with Crippen LogP contribution >= 0.6 is 0 Å². The zero-order chi connectivity index (χ0) is 28.9. The molecule has 5 aromatic rings. The Morgan fingerprint density at radius 3 is 2.50 bits per heavy atom. The van der Waals surface area contributed by atoms with Crippen LogP contribution < -0.4 is 10.6 Å². The molecule has 1 aliphatic rings. The number of aromatic amines is 1. The third kappa shape index (κ3) is 6.37. The topological polar surface area (TPSA) is 91.9 Å². The van der Waals surface area contributed by atoms with Gasteiger partial charge < -0.3 is 20.4 Å². The lowest BCUT2D eigenvalue weighted by Crippen LogP contribution is -2.41. The van der Waals surface area contributed by atoms with E-state index in [-0.39, 0.29) is 36.2 Å². The maximum Gasteiger partial charge on any atom is 0.225 e. The number of benzene rings is 3. The smallest absolute Gasteiger partial charge is 0.225 e. The van der Waals surface area contributed by atoms with Gasteiger partial charge in [-0.25, -0.2) is 13.8 Å². The van der Waals surface area contributed by atoms with Crippen molar-refractivity contribution in [1.29, 1.82) is 0 Å². The lowest BCUT2D eigenvalue weighted by molar-refractivity contribution is -0.116. The number of H-pyrrole nitrogens is 1. The molecular formula is C33H31F2N5O2. The van der Waals surface area contributed by atoms with Crippen LogP contribution in [0, 0.1) is 11.6 Å². The summed E-state index contributed by atoms with van der Waals surface area (Å²) in [7, 11) is 0. The fraction of sp³-hybridized carbons (Fsp3) is 0.242. The van der Waals surface area contributed by atoms with Crippen molar-refractivity contribution in [3.63, 3.8) is 0 Å². The summed E-state index contributed by atoms with van der Waals surface area (Å²) in [6.07, 6.45) is 3.54. The summed E-state index contributed by atoms with van der Waals surface area (Å²) in [5, 5.41) is 6.36. The van der Waals surface area contributed by atoms with Gasteiger partial charge in [0, 0.05) is 24.4 Å². The Morgan fingerprint density at radius 1 is 0.976 bits per heavy atom. The summed E-state index contributed by atoms with van der Waals surface area (Å²) < 4.78 is 34.6. The van der Waals surface area contributed by atoms with Crippen molar-refractivity contribution in [2.75, 3.05) is 18.5 Å². The first kappa shape index (κ1) is 27.7. The molecule has 0 radical (unpaired) electrons. The SMILES string of the molecule is O=C(CC(c1ccccc1)c1ccc(F)cc1)Nc1cncc(F)c1CC[C@@H]1CN[C@H](c2nc3ccccc3[nH]2)CO1. The minimum Gasteiger partial charge on any atom is -0.375 e. The van der Waals surface area contributed by atoms with Crippen molar-refractivity contribution in [2.45, 2.75) is 37.3 Å². The summed E-state index contributed by atoms with van der Waals surface area (Å²) in [6.45, 7) is 1.03. The van der Waals surface area contributed by atoms with Gasteiger partial charge in [0.15, 0.2) is 0 Å². The Kier molecular flexibility index (Phi) is 8.30. The van der Waals surface area contributed by atoms with Gasteiger partial charge in [-0.3, -0.25) is 9.78 Å². The molecular weight excluding hydrogens is 536 g/mol. The van der Waals surface area contributed by atoms with E-state index in [1.54, 1.807) is 12.1 Å². The van der Waals surface area contributed by atoms with Crippen LogP contribution in [0.2, 0.25) is 0 Å². The van der Waals surface area contributed by atoms with Gasteiger partial charge in [0.1, 0.15) is 17.5 Å². The molecule has 3 atom stereocenters. The monoisotopic (exact) mass is 567 g/mol. The summed E-state index contributed by atoms with van der Waals surface area (Å²) >= 11 is 0. The van der Waals surface area contributed by atoms with Crippen LogP contribution in [-0.4, -0.2) is 40.1 Å². The summed E-state index contributed by atoms with van der Waals surface area (Å²) in [5.41, 5.74) is 4.37. The van der Waals surface area contributed by atoms with E-state index in [2.05, 4.69) is 25.6 Å². The lowest BCUT2D eigenvalue weighted by Gasteiger charge is -2.29. The molecule has 42 heavy (non-hydrogen) atoms. The van der Waals surface area contributed by atoms with Gasteiger partial charge in [-0.05, 0) is 48.2 Å². The fourth-order valence-corrected chi connectivity index (χ4v) is 5.45. The normalized spacial score (nSPS) is 17.7. The van der Waals surface area contributed by atoms with Gasteiger partial charge in [0.05, 0.1) is 47.9 Å². The highest BCUT2D eigenvalue weighted by atomic mass is 19.1. The van der Waals surface area contributed by atoms with Gasteiger partial charge in [-0.1, -0.05) is 54.6 Å². The summed E-state index contributed by atoms with van der Waals surface area (Å²) in [4.78, 5) is 25.2. The highest BCUT2D eigenvalue weighted by Gasteiger charge is 2.26. The van der Waals surface area contributed by atoms with E-state index in [0.29, 0.717) is 37.2 Å². The van der Waals surface area contributed by atoms with Gasteiger partial charge in [0.25, 0.3) is 0 Å². The molecule has 3 heterocycles. The second-order valence-corrected chi connectivity index (χ2v) is 10.5. The number of rotatable bonds is 9. The molecule has 1 fully saturated rings. The number of carbonyl (C=O) groups is 1. The Morgan fingerprint density at radius 2 is 1.74 bits per heavy atom. The molecule has 1 aliphatic heterocycles. The Bertz CT molecular complexity index is 1620. The number of amides is 1. The number of anilines is 1. The van der Waals surface area contributed by atoms with Crippen LogP contribution in [0.25, 0.3) is 11.0 Å². The Labute approximate surface area is 242 Å². The predicted molar refractivity (Wildman–Crippen MR) is 157 cm³/mol. The highest BCUT2D eigenvalue weighted by molar-refractivity contribution is 5.92. The standard InChI is InChI=1S/C33H31F2N5O2/c34-23-12-10-22(11-13-23)26(21-6-2-1-3-7-21)16-32(41)38-30-19-36-18-27(35)25(30)15-14-24-17-37-31(20-42-24)33-39-28-8-4-5-9-29(28)40-33/h1-13,18-19,24,26,31,37H,14-17,20H2,(H,38,41)(H,39,40)/t24-,26?,31+/m1/s1. The molecule has 7 nitrogen and oxygen atoms in total. The average molecular weight is 568 g/mol. The number of aromatic nitrogens is 3. The first-order valence-corrected chi connectivity index (χ1v) is 14.1. The number of imidazole rings is 1. The minimum atomic E-state index is -0.477. The minimum absolute atomic E-state index is 0.0557. The maximum atomic E-state index is 15.0. The molecule has 0 aliphatic carbocycles. The molecule has 0 bridgehead atoms. The number of fused-ring (bicyclic) bond motifs is 1. The molecule has 3 N–H and O–H groups in total. The molecule has 3 aromatic carbocycles. The van der Waals surface area contributed by atoms with E-state index >= 15 is 0 Å². The first-order valence-electron chi connectivity index (χ1n) is 14.1. The van der Waals surface area contributed by atoms with Crippen LogP contribution in [-0.2, 0) is 16.0 Å². The average Bonchev–Trinajstić information content (AvgIpc) is 3.45. The molecule has 9 heteroatoms. The van der Waals surface area contributed by atoms with Crippen LogP contribution in [0.1, 0.15) is 47.3 Å². The predicted octanol–water partition coefficient (Wildman–Crippen LogP) is 6.06. The molecule has 2 aromatic heterocycles. The van der Waals surface area contributed by atoms with E-state index in [1.807, 2.05) is 54.6 Å². The lowest BCUT2D eigenvalue weighted by atomic mass is 9.88. The second kappa shape index (κ2) is 12.6. The van der Waals surface area contributed by atoms with Gasteiger partial charge >= 0.3 is 0 Å². The van der Waals surface area contributed by atoms with Crippen molar-refractivity contribution in [1.82, 2.24) is 20.3 Å². The third-order valence-corrected chi connectivity index (χ3v) is 7.69. The van der Waals surface area contributed by atoms with Gasteiger partial charge in [-0.2, -0.15) is 0 Å². The van der Waals surface area contributed by atoms with Crippen molar-refractivity contribution in [3.8, 4) is 0 Å². The molecule has 0 saturated carbocycles. The number of hydrogen-bond donors (Lipinski definition) is 3. The molecule has 0 spiro atoms. The van der Waals surface area contributed by atoms with Crippen molar-refractivity contribution >= 4 is 22.6 Å². The summed E-state index contributed by atoms with van der Waals surface area (Å²) in [5.74, 6) is -0.568. The van der Waals surface area contributed by atoms with Crippen molar-refractivity contribution in [3.05, 3.63) is 125 Å². The molecule has 1 unspecified atom stereocenters. The van der Waals surface area contributed by atoms with E-state index in [0.717, 1.165) is 34.2 Å². The first-order chi connectivity index (χ1) is 20.5.